The van der Waals surface area contributed by atoms with Gasteiger partial charge >= 0.3 is 0 Å². The molecule has 1 aromatic carbocycles. The summed E-state index contributed by atoms with van der Waals surface area (Å²) in [4.78, 5) is 26.8. The van der Waals surface area contributed by atoms with E-state index < -0.39 is 0 Å². The molecule has 1 fully saturated rings. The van der Waals surface area contributed by atoms with E-state index in [0.29, 0.717) is 25.1 Å². The van der Waals surface area contributed by atoms with Gasteiger partial charge in [0.1, 0.15) is 0 Å². The number of rotatable bonds is 7. The normalized spacial score (nSPS) is 14.9. The Bertz CT molecular complexity index is 839. The first-order chi connectivity index (χ1) is 14.0. The standard InChI is InChI=1S/C23H32N4O2/c1-17(2)22-20(16-25-27(22)19-11-9-18(3)10-12-19)23(29)24-13-7-15-26-14-6-4-5-8-21(26)28/h9-12,16-17H,4-8,13-15H2,1-3H3,(H,24,29). The fourth-order valence-electron chi connectivity index (χ4n) is 3.82. The lowest BCUT2D eigenvalue weighted by Gasteiger charge is -2.20. The van der Waals surface area contributed by atoms with Crippen molar-refractivity contribution in [1.82, 2.24) is 20.0 Å². The largest absolute Gasteiger partial charge is 0.352 e. The molecule has 1 aliphatic heterocycles. The topological polar surface area (TPSA) is 67.2 Å². The number of aromatic nitrogens is 2. The van der Waals surface area contributed by atoms with E-state index in [4.69, 9.17) is 0 Å². The summed E-state index contributed by atoms with van der Waals surface area (Å²) in [5.41, 5.74) is 3.67. The Balaban J connectivity index is 1.62. The first-order valence-electron chi connectivity index (χ1n) is 10.7. The number of hydrogen-bond acceptors (Lipinski definition) is 3. The molecule has 0 radical (unpaired) electrons. The van der Waals surface area contributed by atoms with E-state index in [0.717, 1.165) is 43.6 Å². The van der Waals surface area contributed by atoms with Gasteiger partial charge in [0.25, 0.3) is 5.91 Å². The molecule has 0 bridgehead atoms. The second-order valence-corrected chi connectivity index (χ2v) is 8.15. The van der Waals surface area contributed by atoms with Crippen LogP contribution in [0.5, 0.6) is 0 Å². The maximum absolute atomic E-state index is 12.8. The number of aryl methyl sites for hydroxylation is 1. The van der Waals surface area contributed by atoms with Crippen LogP contribution in [-0.4, -0.2) is 46.1 Å². The minimum absolute atomic E-state index is 0.103. The Morgan fingerprint density at radius 3 is 2.66 bits per heavy atom. The van der Waals surface area contributed by atoms with Crippen LogP contribution in [0.2, 0.25) is 0 Å². The summed E-state index contributed by atoms with van der Waals surface area (Å²) in [6.07, 6.45) is 6.27. The molecule has 6 nitrogen and oxygen atoms in total. The van der Waals surface area contributed by atoms with Gasteiger partial charge < -0.3 is 10.2 Å². The predicted molar refractivity (Wildman–Crippen MR) is 114 cm³/mol. The monoisotopic (exact) mass is 396 g/mol. The Labute approximate surface area is 173 Å². The van der Waals surface area contributed by atoms with Crippen molar-refractivity contribution in [1.29, 1.82) is 0 Å². The molecular weight excluding hydrogens is 364 g/mol. The summed E-state index contributed by atoms with van der Waals surface area (Å²) in [6.45, 7) is 8.30. The molecule has 2 aromatic rings. The third-order valence-electron chi connectivity index (χ3n) is 5.44. The van der Waals surface area contributed by atoms with Crippen molar-refractivity contribution >= 4 is 11.8 Å². The molecule has 2 amide bonds. The fraction of sp³-hybridized carbons (Fsp3) is 0.522. The van der Waals surface area contributed by atoms with Gasteiger partial charge in [-0.15, -0.1) is 0 Å². The third kappa shape index (κ3) is 5.25. The van der Waals surface area contributed by atoms with Gasteiger partial charge in [-0.3, -0.25) is 9.59 Å². The SMILES string of the molecule is Cc1ccc(-n2ncc(C(=O)NCCCN3CCCCCC3=O)c2C(C)C)cc1. The summed E-state index contributed by atoms with van der Waals surface area (Å²) in [5, 5.41) is 7.49. The minimum Gasteiger partial charge on any atom is -0.352 e. The van der Waals surface area contributed by atoms with Gasteiger partial charge in [0.05, 0.1) is 23.1 Å². The Morgan fingerprint density at radius 2 is 1.93 bits per heavy atom. The van der Waals surface area contributed by atoms with Crippen molar-refractivity contribution in [3.63, 3.8) is 0 Å². The Morgan fingerprint density at radius 1 is 1.17 bits per heavy atom. The second-order valence-electron chi connectivity index (χ2n) is 8.15. The Hall–Kier alpha value is -2.63. The van der Waals surface area contributed by atoms with Crippen LogP contribution >= 0.6 is 0 Å². The van der Waals surface area contributed by atoms with Crippen LogP contribution in [0.25, 0.3) is 5.69 Å². The van der Waals surface area contributed by atoms with Gasteiger partial charge in [-0.05, 0) is 44.2 Å². The fourth-order valence-corrected chi connectivity index (χ4v) is 3.82. The van der Waals surface area contributed by atoms with E-state index in [9.17, 15) is 9.59 Å². The molecule has 0 unspecified atom stereocenters. The molecule has 2 heterocycles. The summed E-state index contributed by atoms with van der Waals surface area (Å²) in [6, 6.07) is 8.14. The molecule has 29 heavy (non-hydrogen) atoms. The highest BCUT2D eigenvalue weighted by molar-refractivity contribution is 5.95. The molecule has 0 aliphatic carbocycles. The van der Waals surface area contributed by atoms with Crippen LogP contribution in [0.15, 0.2) is 30.5 Å². The summed E-state index contributed by atoms with van der Waals surface area (Å²) >= 11 is 0. The highest BCUT2D eigenvalue weighted by Crippen LogP contribution is 2.23. The number of hydrogen-bond donors (Lipinski definition) is 1. The lowest BCUT2D eigenvalue weighted by Crippen LogP contribution is -2.34. The van der Waals surface area contributed by atoms with Gasteiger partial charge in [-0.2, -0.15) is 5.10 Å². The van der Waals surface area contributed by atoms with Gasteiger partial charge in [0, 0.05) is 26.1 Å². The smallest absolute Gasteiger partial charge is 0.254 e. The molecule has 0 spiro atoms. The summed E-state index contributed by atoms with van der Waals surface area (Å²) < 4.78 is 1.86. The molecule has 1 N–H and O–H groups in total. The molecule has 3 rings (SSSR count). The van der Waals surface area contributed by atoms with Crippen molar-refractivity contribution in [2.45, 2.75) is 58.8 Å². The van der Waals surface area contributed by atoms with Gasteiger partial charge in [-0.25, -0.2) is 4.68 Å². The van der Waals surface area contributed by atoms with Crippen molar-refractivity contribution in [3.05, 3.63) is 47.3 Å². The van der Waals surface area contributed by atoms with E-state index in [-0.39, 0.29) is 17.7 Å². The molecular formula is C23H32N4O2. The highest BCUT2D eigenvalue weighted by atomic mass is 16.2. The second kappa shape index (κ2) is 9.72. The average Bonchev–Trinajstić information content (AvgIpc) is 3.05. The van der Waals surface area contributed by atoms with Crippen molar-refractivity contribution in [3.8, 4) is 5.69 Å². The average molecular weight is 397 g/mol. The van der Waals surface area contributed by atoms with Crippen molar-refractivity contribution in [2.75, 3.05) is 19.6 Å². The van der Waals surface area contributed by atoms with Crippen LogP contribution < -0.4 is 5.32 Å². The van der Waals surface area contributed by atoms with Crippen LogP contribution in [-0.2, 0) is 4.79 Å². The number of carbonyl (C=O) groups excluding carboxylic acids is 2. The number of nitrogens with one attached hydrogen (secondary N) is 1. The first-order valence-corrected chi connectivity index (χ1v) is 10.7. The van der Waals surface area contributed by atoms with Crippen LogP contribution in [0.1, 0.15) is 73.5 Å². The quantitative estimate of drug-likeness (QED) is 0.724. The Kier molecular flexibility index (Phi) is 7.07. The molecule has 0 saturated carbocycles. The molecule has 1 saturated heterocycles. The van der Waals surface area contributed by atoms with E-state index in [1.165, 1.54) is 5.56 Å². The summed E-state index contributed by atoms with van der Waals surface area (Å²) in [5.74, 6) is 0.304. The molecule has 1 aromatic heterocycles. The molecule has 0 atom stereocenters. The van der Waals surface area contributed by atoms with Crippen LogP contribution in [0.4, 0.5) is 0 Å². The zero-order valence-corrected chi connectivity index (χ0v) is 17.8. The maximum atomic E-state index is 12.8. The molecule has 6 heteroatoms. The third-order valence-corrected chi connectivity index (χ3v) is 5.44. The highest BCUT2D eigenvalue weighted by Gasteiger charge is 2.21. The predicted octanol–water partition coefficient (Wildman–Crippen LogP) is 3.83. The number of benzene rings is 1. The van der Waals surface area contributed by atoms with Crippen LogP contribution in [0.3, 0.4) is 0 Å². The molecule has 156 valence electrons. The van der Waals surface area contributed by atoms with Gasteiger partial charge in [-0.1, -0.05) is 38.0 Å². The first kappa shape index (κ1) is 21.1. The summed E-state index contributed by atoms with van der Waals surface area (Å²) in [7, 11) is 0. The number of carbonyl (C=O) groups is 2. The van der Waals surface area contributed by atoms with Crippen molar-refractivity contribution < 1.29 is 9.59 Å². The van der Waals surface area contributed by atoms with E-state index in [1.807, 2.05) is 40.8 Å². The lowest BCUT2D eigenvalue weighted by molar-refractivity contribution is -0.130. The number of nitrogens with zero attached hydrogens (tertiary/aromatic N) is 3. The molecule has 1 aliphatic rings. The zero-order valence-electron chi connectivity index (χ0n) is 17.8. The van der Waals surface area contributed by atoms with Gasteiger partial charge in [0.15, 0.2) is 0 Å². The van der Waals surface area contributed by atoms with E-state index in [1.54, 1.807) is 6.20 Å². The van der Waals surface area contributed by atoms with E-state index in [2.05, 4.69) is 24.3 Å². The lowest BCUT2D eigenvalue weighted by atomic mass is 10.0. The number of amides is 2. The van der Waals surface area contributed by atoms with E-state index >= 15 is 0 Å². The van der Waals surface area contributed by atoms with Crippen LogP contribution in [0, 0.1) is 6.92 Å². The number of likely N-dealkylation sites (tertiary alicyclic amines) is 1. The minimum atomic E-state index is -0.103. The zero-order chi connectivity index (χ0) is 20.8. The van der Waals surface area contributed by atoms with Gasteiger partial charge in [0.2, 0.25) is 5.91 Å². The van der Waals surface area contributed by atoms with Crippen molar-refractivity contribution in [2.24, 2.45) is 0 Å². The maximum Gasteiger partial charge on any atom is 0.254 e.